The second kappa shape index (κ2) is 8.26. The Labute approximate surface area is 149 Å². The third-order valence-corrected chi connectivity index (χ3v) is 5.71. The van der Waals surface area contributed by atoms with Crippen molar-refractivity contribution in [3.8, 4) is 0 Å². The lowest BCUT2D eigenvalue weighted by atomic mass is 9.97. The van der Waals surface area contributed by atoms with Gasteiger partial charge in [0, 0.05) is 19.1 Å². The second-order valence-corrected chi connectivity index (χ2v) is 7.80. The zero-order chi connectivity index (χ0) is 16.8. The normalized spacial score (nSPS) is 19.2. The van der Waals surface area contributed by atoms with Gasteiger partial charge in [0.05, 0.1) is 5.60 Å². The SMILES string of the molecule is C[C@@](O)(CNC1CCN(CCc2ccccc2)CC1)c1ccsc1. The molecule has 1 aromatic heterocycles. The number of aliphatic hydroxyl groups is 1. The molecule has 2 heterocycles. The van der Waals surface area contributed by atoms with E-state index in [9.17, 15) is 5.11 Å². The zero-order valence-corrected chi connectivity index (χ0v) is 15.3. The van der Waals surface area contributed by atoms with Gasteiger partial charge in [0.25, 0.3) is 0 Å². The summed E-state index contributed by atoms with van der Waals surface area (Å²) in [5, 5.41) is 18.2. The molecule has 0 amide bonds. The molecule has 0 bridgehead atoms. The van der Waals surface area contributed by atoms with Crippen molar-refractivity contribution in [3.63, 3.8) is 0 Å². The van der Waals surface area contributed by atoms with Gasteiger partial charge in [-0.3, -0.25) is 0 Å². The quantitative estimate of drug-likeness (QED) is 0.809. The third-order valence-electron chi connectivity index (χ3n) is 5.03. The maximum absolute atomic E-state index is 10.6. The highest BCUT2D eigenvalue weighted by atomic mass is 32.1. The smallest absolute Gasteiger partial charge is 0.1000 e. The van der Waals surface area contributed by atoms with Crippen LogP contribution in [0.1, 0.15) is 30.9 Å². The first-order chi connectivity index (χ1) is 11.6. The van der Waals surface area contributed by atoms with Crippen LogP contribution >= 0.6 is 11.3 Å². The van der Waals surface area contributed by atoms with E-state index in [0.29, 0.717) is 12.6 Å². The Morgan fingerprint density at radius 1 is 1.21 bits per heavy atom. The van der Waals surface area contributed by atoms with E-state index in [4.69, 9.17) is 0 Å². The molecule has 1 aromatic carbocycles. The van der Waals surface area contributed by atoms with Crippen molar-refractivity contribution in [2.75, 3.05) is 26.2 Å². The number of thiophene rings is 1. The van der Waals surface area contributed by atoms with Crippen LogP contribution in [-0.2, 0) is 12.0 Å². The minimum atomic E-state index is -0.773. The summed E-state index contributed by atoms with van der Waals surface area (Å²) in [5.74, 6) is 0. The van der Waals surface area contributed by atoms with E-state index in [0.717, 1.165) is 44.5 Å². The zero-order valence-electron chi connectivity index (χ0n) is 14.4. The number of rotatable bonds is 7. The first kappa shape index (κ1) is 17.6. The van der Waals surface area contributed by atoms with Gasteiger partial charge in [-0.15, -0.1) is 0 Å². The lowest BCUT2D eigenvalue weighted by Gasteiger charge is -2.34. The van der Waals surface area contributed by atoms with Crippen LogP contribution in [0.4, 0.5) is 0 Å². The van der Waals surface area contributed by atoms with Gasteiger partial charge in [0.2, 0.25) is 0 Å². The van der Waals surface area contributed by atoms with E-state index in [-0.39, 0.29) is 0 Å². The van der Waals surface area contributed by atoms with Crippen LogP contribution in [0.3, 0.4) is 0 Å². The van der Waals surface area contributed by atoms with E-state index in [1.807, 2.05) is 23.8 Å². The monoisotopic (exact) mass is 344 g/mol. The first-order valence-corrected chi connectivity index (χ1v) is 9.82. The molecule has 3 nitrogen and oxygen atoms in total. The molecule has 0 unspecified atom stereocenters. The maximum Gasteiger partial charge on any atom is 0.1000 e. The number of likely N-dealkylation sites (tertiary alicyclic amines) is 1. The van der Waals surface area contributed by atoms with Crippen molar-refractivity contribution in [2.45, 2.75) is 37.8 Å². The molecule has 0 aliphatic carbocycles. The number of nitrogens with zero attached hydrogens (tertiary/aromatic N) is 1. The first-order valence-electron chi connectivity index (χ1n) is 8.88. The van der Waals surface area contributed by atoms with Crippen LogP contribution < -0.4 is 5.32 Å². The fourth-order valence-corrected chi connectivity index (χ4v) is 4.09. The van der Waals surface area contributed by atoms with Gasteiger partial charge in [-0.1, -0.05) is 30.3 Å². The summed E-state index contributed by atoms with van der Waals surface area (Å²) in [6.45, 7) is 5.95. The van der Waals surface area contributed by atoms with Gasteiger partial charge >= 0.3 is 0 Å². The summed E-state index contributed by atoms with van der Waals surface area (Å²) in [6.07, 6.45) is 3.45. The molecule has 1 aliphatic rings. The summed E-state index contributed by atoms with van der Waals surface area (Å²) in [7, 11) is 0. The molecule has 0 radical (unpaired) electrons. The molecule has 0 saturated carbocycles. The van der Waals surface area contributed by atoms with Crippen molar-refractivity contribution in [3.05, 3.63) is 58.3 Å². The Morgan fingerprint density at radius 2 is 1.96 bits per heavy atom. The number of nitrogens with one attached hydrogen (secondary N) is 1. The van der Waals surface area contributed by atoms with E-state index in [1.54, 1.807) is 11.3 Å². The predicted molar refractivity (Wildman–Crippen MR) is 102 cm³/mol. The highest BCUT2D eigenvalue weighted by Crippen LogP contribution is 2.23. The lowest BCUT2D eigenvalue weighted by molar-refractivity contribution is 0.0506. The van der Waals surface area contributed by atoms with Crippen LogP contribution in [0.15, 0.2) is 47.2 Å². The molecule has 1 saturated heterocycles. The summed E-state index contributed by atoms with van der Waals surface area (Å²) in [4.78, 5) is 2.56. The number of piperidine rings is 1. The van der Waals surface area contributed by atoms with Gasteiger partial charge in [0.15, 0.2) is 0 Å². The Bertz CT molecular complexity index is 589. The van der Waals surface area contributed by atoms with Crippen LogP contribution in [0.5, 0.6) is 0 Å². The van der Waals surface area contributed by atoms with Crippen molar-refractivity contribution in [2.24, 2.45) is 0 Å². The summed E-state index contributed by atoms with van der Waals surface area (Å²) >= 11 is 1.64. The van der Waals surface area contributed by atoms with Crippen molar-refractivity contribution < 1.29 is 5.11 Å². The molecule has 2 N–H and O–H groups in total. The van der Waals surface area contributed by atoms with E-state index in [1.165, 1.54) is 5.56 Å². The minimum Gasteiger partial charge on any atom is -0.384 e. The molecular formula is C20H28N2OS. The van der Waals surface area contributed by atoms with Crippen LogP contribution in [0.2, 0.25) is 0 Å². The average Bonchev–Trinajstić information content (AvgIpc) is 3.16. The van der Waals surface area contributed by atoms with Crippen LogP contribution in [0.25, 0.3) is 0 Å². The van der Waals surface area contributed by atoms with Gasteiger partial charge in [0.1, 0.15) is 0 Å². The standard InChI is InChI=1S/C20H28N2OS/c1-20(23,18-10-14-24-15-18)16-21-19-8-12-22(13-9-19)11-7-17-5-3-2-4-6-17/h2-6,10,14-15,19,21,23H,7-9,11-13,16H2,1H3/t20-/m1/s1. The Morgan fingerprint density at radius 3 is 2.62 bits per heavy atom. The molecule has 1 fully saturated rings. The van der Waals surface area contributed by atoms with E-state index >= 15 is 0 Å². The molecule has 24 heavy (non-hydrogen) atoms. The van der Waals surface area contributed by atoms with Crippen molar-refractivity contribution >= 4 is 11.3 Å². The molecule has 130 valence electrons. The Kier molecular flexibility index (Phi) is 6.06. The molecular weight excluding hydrogens is 316 g/mol. The average molecular weight is 345 g/mol. The Balaban J connectivity index is 1.38. The summed E-state index contributed by atoms with van der Waals surface area (Å²) in [6, 6.07) is 13.3. The third kappa shape index (κ3) is 4.90. The minimum absolute atomic E-state index is 0.517. The van der Waals surface area contributed by atoms with Crippen LogP contribution in [-0.4, -0.2) is 42.2 Å². The molecule has 4 heteroatoms. The number of hydrogen-bond donors (Lipinski definition) is 2. The summed E-state index contributed by atoms with van der Waals surface area (Å²) < 4.78 is 0. The maximum atomic E-state index is 10.6. The van der Waals surface area contributed by atoms with Crippen molar-refractivity contribution in [1.82, 2.24) is 10.2 Å². The molecule has 2 aromatic rings. The van der Waals surface area contributed by atoms with E-state index in [2.05, 4.69) is 40.5 Å². The molecule has 1 aliphatic heterocycles. The molecule has 1 atom stereocenters. The van der Waals surface area contributed by atoms with Gasteiger partial charge in [-0.05, 0) is 67.2 Å². The summed E-state index contributed by atoms with van der Waals surface area (Å²) in [5.41, 5.74) is 1.66. The van der Waals surface area contributed by atoms with E-state index < -0.39 is 5.60 Å². The van der Waals surface area contributed by atoms with Crippen LogP contribution in [0, 0.1) is 0 Å². The van der Waals surface area contributed by atoms with Gasteiger partial charge < -0.3 is 15.3 Å². The van der Waals surface area contributed by atoms with Gasteiger partial charge in [-0.2, -0.15) is 11.3 Å². The number of benzene rings is 1. The Hall–Kier alpha value is -1.20. The molecule has 3 rings (SSSR count). The van der Waals surface area contributed by atoms with Gasteiger partial charge in [-0.25, -0.2) is 0 Å². The van der Waals surface area contributed by atoms with Crippen molar-refractivity contribution in [1.29, 1.82) is 0 Å². The number of hydrogen-bond acceptors (Lipinski definition) is 4. The second-order valence-electron chi connectivity index (χ2n) is 7.02. The largest absolute Gasteiger partial charge is 0.384 e. The predicted octanol–water partition coefficient (Wildman–Crippen LogP) is 3.25. The topological polar surface area (TPSA) is 35.5 Å². The fraction of sp³-hybridized carbons (Fsp3) is 0.500. The molecule has 0 spiro atoms. The lowest BCUT2D eigenvalue weighted by Crippen LogP contribution is -2.46. The highest BCUT2D eigenvalue weighted by Gasteiger charge is 2.26. The fourth-order valence-electron chi connectivity index (χ4n) is 3.31. The highest BCUT2D eigenvalue weighted by molar-refractivity contribution is 7.08.